The number of benzene rings is 1. The molecule has 0 saturated carbocycles. The van der Waals surface area contributed by atoms with E-state index in [1.54, 1.807) is 35.6 Å². The Morgan fingerprint density at radius 1 is 1.19 bits per heavy atom. The monoisotopic (exact) mass is 382 g/mol. The first kappa shape index (κ1) is 16.3. The standard InChI is InChI=1S/C17H10N4O3S2/c22-16-14(10-11-3-1-4-12(9-11)21(23)24)26-17-18-15(19-20(16)17)7-6-13-5-2-8-25-13/h1-10H/b7-6+,14-10-. The quantitative estimate of drug-likeness (QED) is 0.400. The van der Waals surface area contributed by atoms with Gasteiger partial charge in [-0.25, -0.2) is 0 Å². The van der Waals surface area contributed by atoms with Crippen LogP contribution in [0.1, 0.15) is 16.3 Å². The molecule has 0 amide bonds. The molecule has 0 aliphatic rings. The van der Waals surface area contributed by atoms with E-state index in [-0.39, 0.29) is 11.2 Å². The number of hydrogen-bond donors (Lipinski definition) is 0. The van der Waals surface area contributed by atoms with Crippen LogP contribution in [0.5, 0.6) is 0 Å². The zero-order valence-electron chi connectivity index (χ0n) is 13.1. The van der Waals surface area contributed by atoms with Crippen molar-refractivity contribution in [1.82, 2.24) is 14.6 Å². The number of hydrogen-bond acceptors (Lipinski definition) is 7. The van der Waals surface area contributed by atoms with Crippen molar-refractivity contribution in [1.29, 1.82) is 0 Å². The third-order valence-corrected chi connectivity index (χ3v) is 5.31. The molecule has 0 aliphatic heterocycles. The molecule has 7 nitrogen and oxygen atoms in total. The molecule has 0 radical (unpaired) electrons. The van der Waals surface area contributed by atoms with Crippen LogP contribution < -0.4 is 10.1 Å². The van der Waals surface area contributed by atoms with Crippen LogP contribution in [0.3, 0.4) is 0 Å². The largest absolute Gasteiger partial charge is 0.291 e. The van der Waals surface area contributed by atoms with Gasteiger partial charge < -0.3 is 0 Å². The molecule has 0 N–H and O–H groups in total. The highest BCUT2D eigenvalue weighted by molar-refractivity contribution is 7.15. The Hall–Kier alpha value is -3.17. The first-order chi connectivity index (χ1) is 12.6. The molecule has 4 rings (SSSR count). The van der Waals surface area contributed by atoms with Crippen LogP contribution in [-0.2, 0) is 0 Å². The molecule has 0 fully saturated rings. The predicted molar refractivity (Wildman–Crippen MR) is 102 cm³/mol. The number of thiazole rings is 1. The first-order valence-corrected chi connectivity index (χ1v) is 9.17. The molecule has 0 saturated heterocycles. The summed E-state index contributed by atoms with van der Waals surface area (Å²) in [5.41, 5.74) is 0.269. The van der Waals surface area contributed by atoms with Gasteiger partial charge in [-0.2, -0.15) is 9.50 Å². The number of aromatic nitrogens is 3. The van der Waals surface area contributed by atoms with Crippen LogP contribution in [-0.4, -0.2) is 19.5 Å². The summed E-state index contributed by atoms with van der Waals surface area (Å²) in [6.07, 6.45) is 5.26. The summed E-state index contributed by atoms with van der Waals surface area (Å²) in [6.45, 7) is 0. The molecule has 0 aliphatic carbocycles. The van der Waals surface area contributed by atoms with Gasteiger partial charge in [0, 0.05) is 17.0 Å². The SMILES string of the molecule is O=c1/c(=C/c2cccc([N+](=O)[O-])c2)sc2nc(/C=C/c3cccs3)nn12. The summed E-state index contributed by atoms with van der Waals surface area (Å²) in [6, 6.07) is 10.0. The zero-order chi connectivity index (χ0) is 18.1. The lowest BCUT2D eigenvalue weighted by atomic mass is 10.2. The average molecular weight is 382 g/mol. The van der Waals surface area contributed by atoms with E-state index in [0.29, 0.717) is 20.9 Å². The summed E-state index contributed by atoms with van der Waals surface area (Å²) in [4.78, 5) is 28.8. The van der Waals surface area contributed by atoms with Crippen molar-refractivity contribution in [3.8, 4) is 0 Å². The molecule has 26 heavy (non-hydrogen) atoms. The van der Waals surface area contributed by atoms with E-state index in [1.807, 2.05) is 23.6 Å². The summed E-state index contributed by atoms with van der Waals surface area (Å²) in [5.74, 6) is 0.462. The Morgan fingerprint density at radius 3 is 2.81 bits per heavy atom. The van der Waals surface area contributed by atoms with Crippen molar-refractivity contribution in [2.75, 3.05) is 0 Å². The summed E-state index contributed by atoms with van der Waals surface area (Å²) in [5, 5.41) is 17.0. The van der Waals surface area contributed by atoms with Crippen LogP contribution in [0.2, 0.25) is 0 Å². The number of nitro groups is 1. The van der Waals surface area contributed by atoms with Gasteiger partial charge in [-0.15, -0.1) is 16.4 Å². The minimum Gasteiger partial charge on any atom is -0.266 e. The fourth-order valence-corrected chi connectivity index (χ4v) is 3.87. The van der Waals surface area contributed by atoms with E-state index in [4.69, 9.17) is 0 Å². The van der Waals surface area contributed by atoms with E-state index in [0.717, 1.165) is 4.88 Å². The topological polar surface area (TPSA) is 90.4 Å². The third-order valence-electron chi connectivity index (χ3n) is 3.52. The highest BCUT2D eigenvalue weighted by Crippen LogP contribution is 2.14. The zero-order valence-corrected chi connectivity index (χ0v) is 14.7. The molecule has 4 aromatic rings. The number of fused-ring (bicyclic) bond motifs is 1. The van der Waals surface area contributed by atoms with Gasteiger partial charge in [-0.05, 0) is 35.2 Å². The molecule has 0 unspecified atom stereocenters. The lowest BCUT2D eigenvalue weighted by molar-refractivity contribution is -0.384. The number of non-ortho nitro benzene ring substituents is 1. The van der Waals surface area contributed by atoms with Crippen molar-refractivity contribution in [2.45, 2.75) is 0 Å². The van der Waals surface area contributed by atoms with Gasteiger partial charge in [0.1, 0.15) is 0 Å². The maximum Gasteiger partial charge on any atom is 0.291 e. The minimum absolute atomic E-state index is 0.0216. The Morgan fingerprint density at radius 2 is 2.08 bits per heavy atom. The summed E-state index contributed by atoms with van der Waals surface area (Å²) < 4.78 is 1.68. The van der Waals surface area contributed by atoms with Gasteiger partial charge in [-0.3, -0.25) is 14.9 Å². The van der Waals surface area contributed by atoms with Gasteiger partial charge in [0.05, 0.1) is 9.46 Å². The highest BCUT2D eigenvalue weighted by Gasteiger charge is 2.10. The smallest absolute Gasteiger partial charge is 0.266 e. The van der Waals surface area contributed by atoms with Gasteiger partial charge in [0.2, 0.25) is 4.96 Å². The van der Waals surface area contributed by atoms with E-state index < -0.39 is 4.92 Å². The molecular formula is C17H10N4O3S2. The second kappa shape index (κ2) is 6.62. The number of thiophene rings is 1. The molecule has 0 bridgehead atoms. The molecule has 128 valence electrons. The Kier molecular flexibility index (Phi) is 4.15. The molecular weight excluding hydrogens is 372 g/mol. The van der Waals surface area contributed by atoms with Gasteiger partial charge in [0.25, 0.3) is 11.2 Å². The van der Waals surface area contributed by atoms with Crippen molar-refractivity contribution in [3.63, 3.8) is 0 Å². The van der Waals surface area contributed by atoms with Crippen molar-refractivity contribution >= 4 is 51.5 Å². The van der Waals surface area contributed by atoms with Crippen LogP contribution in [0.25, 0.3) is 23.2 Å². The van der Waals surface area contributed by atoms with E-state index in [1.165, 1.54) is 28.0 Å². The number of nitrogens with zero attached hydrogens (tertiary/aromatic N) is 4. The Labute approximate surface area is 154 Å². The van der Waals surface area contributed by atoms with Gasteiger partial charge in [0.15, 0.2) is 5.82 Å². The normalized spacial score (nSPS) is 12.4. The van der Waals surface area contributed by atoms with Gasteiger partial charge >= 0.3 is 0 Å². The number of rotatable bonds is 4. The second-order valence-electron chi connectivity index (χ2n) is 5.28. The third kappa shape index (κ3) is 3.17. The Balaban J connectivity index is 1.71. The van der Waals surface area contributed by atoms with Crippen molar-refractivity contribution < 1.29 is 4.92 Å². The fraction of sp³-hybridized carbons (Fsp3) is 0. The average Bonchev–Trinajstić information content (AvgIpc) is 3.33. The van der Waals surface area contributed by atoms with Crippen LogP contribution in [0.4, 0.5) is 5.69 Å². The lowest BCUT2D eigenvalue weighted by Crippen LogP contribution is -2.23. The van der Waals surface area contributed by atoms with Crippen LogP contribution >= 0.6 is 22.7 Å². The second-order valence-corrected chi connectivity index (χ2v) is 7.27. The Bertz CT molecular complexity index is 1240. The van der Waals surface area contributed by atoms with E-state index in [9.17, 15) is 14.9 Å². The van der Waals surface area contributed by atoms with Crippen LogP contribution in [0.15, 0.2) is 46.6 Å². The van der Waals surface area contributed by atoms with Gasteiger partial charge in [-0.1, -0.05) is 29.5 Å². The van der Waals surface area contributed by atoms with Crippen LogP contribution in [0, 0.1) is 10.1 Å². The number of nitro benzene ring substituents is 1. The highest BCUT2D eigenvalue weighted by atomic mass is 32.1. The maximum absolute atomic E-state index is 12.5. The molecule has 0 atom stereocenters. The molecule has 0 spiro atoms. The van der Waals surface area contributed by atoms with E-state index in [2.05, 4.69) is 10.1 Å². The molecule has 9 heteroatoms. The first-order valence-electron chi connectivity index (χ1n) is 7.47. The summed E-state index contributed by atoms with van der Waals surface area (Å²) in [7, 11) is 0. The minimum atomic E-state index is -0.468. The molecule has 1 aromatic carbocycles. The fourth-order valence-electron chi connectivity index (χ4n) is 2.34. The molecule has 3 aromatic heterocycles. The van der Waals surface area contributed by atoms with E-state index >= 15 is 0 Å². The van der Waals surface area contributed by atoms with Crippen molar-refractivity contribution in [2.24, 2.45) is 0 Å². The predicted octanol–water partition coefficient (Wildman–Crippen LogP) is 2.84. The molecule has 3 heterocycles. The summed E-state index contributed by atoms with van der Waals surface area (Å²) >= 11 is 2.80. The lowest BCUT2D eigenvalue weighted by Gasteiger charge is -1.92. The van der Waals surface area contributed by atoms with Crippen molar-refractivity contribution in [3.05, 3.63) is 83.0 Å². The maximum atomic E-state index is 12.5.